The third-order valence-electron chi connectivity index (χ3n) is 14.3. The van der Waals surface area contributed by atoms with Crippen molar-refractivity contribution in [2.75, 3.05) is 13.7 Å². The van der Waals surface area contributed by atoms with Crippen LogP contribution in [0.5, 0.6) is 0 Å². The molecule has 0 unspecified atom stereocenters. The Morgan fingerprint density at radius 2 is 1.46 bits per heavy atom. The molecular formula is C38H52O14. The number of methoxy groups -OCH3 is 1. The number of hydrogen-bond donors (Lipinski definition) is 1. The van der Waals surface area contributed by atoms with Crippen molar-refractivity contribution in [1.29, 1.82) is 0 Å². The first kappa shape index (κ1) is 38.2. The normalized spacial score (nSPS) is 47.3. The van der Waals surface area contributed by atoms with Gasteiger partial charge in [-0.3, -0.25) is 24.0 Å². The summed E-state index contributed by atoms with van der Waals surface area (Å²) in [5.74, 6) is -5.24. The summed E-state index contributed by atoms with van der Waals surface area (Å²) in [6, 6.07) is 0. The van der Waals surface area contributed by atoms with Gasteiger partial charge in [0.1, 0.15) is 36.4 Å². The fraction of sp³-hybridized carbons (Fsp3) is 0.789. The number of ether oxygens (including phenoxy) is 7. The third kappa shape index (κ3) is 4.94. The molecule has 6 fully saturated rings. The summed E-state index contributed by atoms with van der Waals surface area (Å²) >= 11 is 0. The standard InChI is InChI=1S/C38H52O14/c1-18-13-25(50-22(5)41)34(8)11-12-35(9)29-24(49-21(4)40)15-36(17-47-20(3)39)19(2)48-31(43)28-27(52-28)30(36)33(29,7)16-26(51-23(6)42)38(35,32(44)46-10)37(34,45)14-18/h19,24-30,45H,1,11-17H2,2-10H3/t19-,24-,25-,26+,27-,28+,29+,30+,33-,34+,35-,36+,37+,38+/m1/s1. The van der Waals surface area contributed by atoms with Crippen LogP contribution in [0.3, 0.4) is 0 Å². The van der Waals surface area contributed by atoms with E-state index in [0.717, 1.165) is 0 Å². The van der Waals surface area contributed by atoms with Gasteiger partial charge >= 0.3 is 35.8 Å². The van der Waals surface area contributed by atoms with Gasteiger partial charge in [-0.1, -0.05) is 32.9 Å². The number of rotatable bonds is 6. The fourth-order valence-corrected chi connectivity index (χ4v) is 12.7. The molecule has 0 spiro atoms. The zero-order valence-electron chi connectivity index (χ0n) is 31.5. The molecular weight excluding hydrogens is 680 g/mol. The molecule has 2 heterocycles. The third-order valence-corrected chi connectivity index (χ3v) is 14.3. The Morgan fingerprint density at radius 3 is 2.04 bits per heavy atom. The lowest BCUT2D eigenvalue weighted by Crippen LogP contribution is -2.84. The maximum Gasteiger partial charge on any atom is 0.338 e. The highest BCUT2D eigenvalue weighted by Crippen LogP contribution is 2.80. The molecule has 2 aliphatic heterocycles. The Bertz CT molecular complexity index is 1600. The largest absolute Gasteiger partial charge is 0.468 e. The zero-order valence-corrected chi connectivity index (χ0v) is 31.5. The molecule has 14 heteroatoms. The van der Waals surface area contributed by atoms with E-state index in [1.807, 2.05) is 13.8 Å². The van der Waals surface area contributed by atoms with Gasteiger partial charge < -0.3 is 38.3 Å². The number of fused-ring (bicyclic) bond motifs is 9. The molecule has 14 atom stereocenters. The number of cyclic esters (lactones) is 1. The van der Waals surface area contributed by atoms with Gasteiger partial charge in [0, 0.05) is 51.4 Å². The predicted octanol–water partition coefficient (Wildman–Crippen LogP) is 3.14. The number of epoxide rings is 1. The molecule has 6 aliphatic rings. The van der Waals surface area contributed by atoms with Crippen molar-refractivity contribution in [1.82, 2.24) is 0 Å². The first-order valence-corrected chi connectivity index (χ1v) is 18.1. The van der Waals surface area contributed by atoms with Crippen LogP contribution >= 0.6 is 0 Å². The van der Waals surface area contributed by atoms with Crippen molar-refractivity contribution in [3.8, 4) is 0 Å². The second-order valence-electron chi connectivity index (χ2n) is 17.0. The average molecular weight is 733 g/mol. The van der Waals surface area contributed by atoms with Crippen LogP contribution in [0.4, 0.5) is 0 Å². The fourth-order valence-electron chi connectivity index (χ4n) is 12.7. The summed E-state index contributed by atoms with van der Waals surface area (Å²) in [5, 5.41) is 13.7. The van der Waals surface area contributed by atoms with Crippen molar-refractivity contribution in [3.05, 3.63) is 12.2 Å². The van der Waals surface area contributed by atoms with Gasteiger partial charge in [0.15, 0.2) is 6.10 Å². The number of aliphatic hydroxyl groups is 1. The molecule has 1 N–H and O–H groups in total. The number of carbonyl (C=O) groups excluding carboxylic acids is 6. The van der Waals surface area contributed by atoms with E-state index in [0.29, 0.717) is 5.57 Å². The molecule has 0 aromatic heterocycles. The molecule has 6 rings (SSSR count). The molecule has 0 bridgehead atoms. The maximum atomic E-state index is 15.0. The van der Waals surface area contributed by atoms with Crippen LogP contribution in [0.25, 0.3) is 0 Å². The minimum Gasteiger partial charge on any atom is -0.468 e. The number of carbonyl (C=O) groups is 6. The lowest BCUT2D eigenvalue weighted by molar-refractivity contribution is -0.359. The summed E-state index contributed by atoms with van der Waals surface area (Å²) in [5.41, 5.74) is -8.43. The summed E-state index contributed by atoms with van der Waals surface area (Å²) in [4.78, 5) is 79.6. The highest BCUT2D eigenvalue weighted by atomic mass is 16.6. The van der Waals surface area contributed by atoms with E-state index in [2.05, 4.69) is 6.58 Å². The molecule has 0 radical (unpaired) electrons. The lowest BCUT2D eigenvalue weighted by atomic mass is 9.28. The zero-order chi connectivity index (χ0) is 38.6. The van der Waals surface area contributed by atoms with Crippen LogP contribution in [0.15, 0.2) is 12.2 Å². The van der Waals surface area contributed by atoms with E-state index < -0.39 is 117 Å². The molecule has 4 saturated carbocycles. The van der Waals surface area contributed by atoms with Gasteiger partial charge in [-0.2, -0.15) is 0 Å². The Hall–Kier alpha value is -3.52. The molecule has 4 aliphatic carbocycles. The van der Waals surface area contributed by atoms with Gasteiger partial charge in [-0.25, -0.2) is 4.79 Å². The minimum absolute atomic E-state index is 0.0510. The maximum absolute atomic E-state index is 15.0. The summed E-state index contributed by atoms with van der Waals surface area (Å²) in [6.07, 6.45) is -5.09. The van der Waals surface area contributed by atoms with Crippen molar-refractivity contribution < 1.29 is 67.0 Å². The SMILES string of the molecule is C=C1C[C@@H](OC(C)=O)[C@]2(C)CC[C@]3(C)[C@H]4[C@H](OC(C)=O)C[C@]5(COC(C)=O)[C@@H](C)OC(=O)[C@H]6O[C@H]6[C@H]5[C@]4(C)C[C@H](OC(C)=O)[C@@]3(C(=O)OC)[C@]2(O)C1. The van der Waals surface area contributed by atoms with Gasteiger partial charge in [0.25, 0.3) is 0 Å². The molecule has 0 amide bonds. The van der Waals surface area contributed by atoms with Crippen LogP contribution < -0.4 is 0 Å². The smallest absolute Gasteiger partial charge is 0.338 e. The molecule has 2 saturated heterocycles. The van der Waals surface area contributed by atoms with Crippen LogP contribution in [-0.2, 0) is 61.9 Å². The second-order valence-corrected chi connectivity index (χ2v) is 17.0. The summed E-state index contributed by atoms with van der Waals surface area (Å²) in [7, 11) is 1.21. The number of esters is 6. The average Bonchev–Trinajstić information content (AvgIpc) is 3.80. The molecule has 14 nitrogen and oxygen atoms in total. The lowest BCUT2D eigenvalue weighted by Gasteiger charge is -2.76. The first-order valence-electron chi connectivity index (χ1n) is 18.1. The summed E-state index contributed by atoms with van der Waals surface area (Å²) < 4.78 is 41.8. The van der Waals surface area contributed by atoms with Crippen molar-refractivity contribution in [3.63, 3.8) is 0 Å². The molecule has 52 heavy (non-hydrogen) atoms. The van der Waals surface area contributed by atoms with Crippen LogP contribution in [0, 0.1) is 38.9 Å². The molecule has 0 aromatic carbocycles. The Morgan fingerprint density at radius 1 is 0.865 bits per heavy atom. The van der Waals surface area contributed by atoms with Crippen LogP contribution in [0.2, 0.25) is 0 Å². The second kappa shape index (κ2) is 12.3. The Balaban J connectivity index is 1.68. The van der Waals surface area contributed by atoms with Gasteiger partial charge in [0.05, 0.1) is 24.2 Å². The topological polar surface area (TPSA) is 191 Å². The van der Waals surface area contributed by atoms with Crippen LogP contribution in [0.1, 0.15) is 93.9 Å². The van der Waals surface area contributed by atoms with Crippen molar-refractivity contribution >= 4 is 35.8 Å². The van der Waals surface area contributed by atoms with E-state index in [9.17, 15) is 29.1 Å². The van der Waals surface area contributed by atoms with Crippen molar-refractivity contribution in [2.24, 2.45) is 38.9 Å². The van der Waals surface area contributed by atoms with E-state index in [4.69, 9.17) is 33.2 Å². The summed E-state index contributed by atoms with van der Waals surface area (Å²) in [6.45, 7) is 16.4. The first-order chi connectivity index (χ1) is 24.1. The van der Waals surface area contributed by atoms with E-state index in [1.165, 1.54) is 34.8 Å². The number of hydrogen-bond acceptors (Lipinski definition) is 14. The Labute approximate surface area is 303 Å². The van der Waals surface area contributed by atoms with E-state index >= 15 is 4.79 Å². The predicted molar refractivity (Wildman–Crippen MR) is 177 cm³/mol. The van der Waals surface area contributed by atoms with Gasteiger partial charge in [-0.15, -0.1) is 0 Å². The highest BCUT2D eigenvalue weighted by Gasteiger charge is 2.87. The quantitative estimate of drug-likeness (QED) is 0.181. The monoisotopic (exact) mass is 732 g/mol. The van der Waals surface area contributed by atoms with Crippen LogP contribution in [-0.4, -0.2) is 96.9 Å². The molecule has 288 valence electrons. The highest BCUT2D eigenvalue weighted by molar-refractivity contribution is 5.83. The van der Waals surface area contributed by atoms with Gasteiger partial charge in [0.2, 0.25) is 0 Å². The van der Waals surface area contributed by atoms with E-state index in [-0.39, 0.29) is 45.1 Å². The molecule has 0 aromatic rings. The minimum atomic E-state index is -2.07. The van der Waals surface area contributed by atoms with Gasteiger partial charge in [-0.05, 0) is 49.9 Å². The van der Waals surface area contributed by atoms with E-state index in [1.54, 1.807) is 13.8 Å². The Kier molecular flexibility index (Phi) is 9.01. The van der Waals surface area contributed by atoms with Crippen molar-refractivity contribution in [2.45, 2.75) is 136 Å².